The predicted octanol–water partition coefficient (Wildman–Crippen LogP) is 3.19. The summed E-state index contributed by atoms with van der Waals surface area (Å²) in [5, 5.41) is 0. The molecule has 0 amide bonds. The highest BCUT2D eigenvalue weighted by Gasteiger charge is 2.03. The second-order valence-corrected chi connectivity index (χ2v) is 4.08. The standard InChI is InChI=1S/C14H20O2/c1-4-6-14(15)16-10-9-13-8-5-7-11(2)12(13)3/h5,7-8H,4,6,9-10H2,1-3H3. The van der Waals surface area contributed by atoms with Crippen LogP contribution in [0.3, 0.4) is 0 Å². The van der Waals surface area contributed by atoms with Gasteiger partial charge in [-0.3, -0.25) is 4.79 Å². The molecular formula is C14H20O2. The first-order chi connectivity index (χ1) is 7.65. The monoisotopic (exact) mass is 220 g/mol. The van der Waals surface area contributed by atoms with E-state index in [9.17, 15) is 4.79 Å². The van der Waals surface area contributed by atoms with E-state index in [1.807, 2.05) is 13.0 Å². The minimum absolute atomic E-state index is 0.0900. The van der Waals surface area contributed by atoms with Crippen LogP contribution in [0.4, 0.5) is 0 Å². The van der Waals surface area contributed by atoms with E-state index >= 15 is 0 Å². The van der Waals surface area contributed by atoms with Crippen molar-refractivity contribution < 1.29 is 9.53 Å². The molecule has 1 aromatic carbocycles. The molecule has 0 spiro atoms. The molecule has 88 valence electrons. The zero-order valence-electron chi connectivity index (χ0n) is 10.4. The molecule has 2 nitrogen and oxygen atoms in total. The lowest BCUT2D eigenvalue weighted by molar-refractivity contribution is -0.143. The van der Waals surface area contributed by atoms with Gasteiger partial charge >= 0.3 is 5.97 Å². The Morgan fingerprint density at radius 1 is 1.31 bits per heavy atom. The van der Waals surface area contributed by atoms with Gasteiger partial charge in [0.2, 0.25) is 0 Å². The number of hydrogen-bond donors (Lipinski definition) is 0. The number of aryl methyl sites for hydroxylation is 1. The Labute approximate surface area is 97.6 Å². The van der Waals surface area contributed by atoms with Crippen molar-refractivity contribution in [3.8, 4) is 0 Å². The van der Waals surface area contributed by atoms with E-state index in [-0.39, 0.29) is 5.97 Å². The molecule has 0 saturated carbocycles. The van der Waals surface area contributed by atoms with Crippen molar-refractivity contribution in [3.05, 3.63) is 34.9 Å². The van der Waals surface area contributed by atoms with Crippen LogP contribution >= 0.6 is 0 Å². The van der Waals surface area contributed by atoms with Crippen LogP contribution in [0.5, 0.6) is 0 Å². The van der Waals surface area contributed by atoms with Crippen molar-refractivity contribution in [2.45, 2.75) is 40.0 Å². The summed E-state index contributed by atoms with van der Waals surface area (Å²) < 4.78 is 5.14. The molecule has 0 N–H and O–H groups in total. The summed E-state index contributed by atoms with van der Waals surface area (Å²) in [6.45, 7) is 6.68. The first kappa shape index (κ1) is 12.8. The van der Waals surface area contributed by atoms with Gasteiger partial charge in [-0.05, 0) is 37.0 Å². The Morgan fingerprint density at radius 3 is 2.75 bits per heavy atom. The summed E-state index contributed by atoms with van der Waals surface area (Å²) in [5.41, 5.74) is 3.86. The van der Waals surface area contributed by atoms with Gasteiger partial charge in [0, 0.05) is 12.8 Å². The number of carbonyl (C=O) groups excluding carboxylic acids is 1. The van der Waals surface area contributed by atoms with Crippen LogP contribution in [-0.2, 0) is 16.0 Å². The smallest absolute Gasteiger partial charge is 0.305 e. The van der Waals surface area contributed by atoms with Crippen LogP contribution in [0.2, 0.25) is 0 Å². The third-order valence-electron chi connectivity index (χ3n) is 2.81. The van der Waals surface area contributed by atoms with E-state index in [0.717, 1.165) is 12.8 Å². The third kappa shape index (κ3) is 3.69. The van der Waals surface area contributed by atoms with Crippen LogP contribution in [0.15, 0.2) is 18.2 Å². The van der Waals surface area contributed by atoms with Crippen molar-refractivity contribution in [1.29, 1.82) is 0 Å². The lowest BCUT2D eigenvalue weighted by atomic mass is 10.0. The molecule has 0 fully saturated rings. The number of ether oxygens (including phenoxy) is 1. The molecule has 0 aliphatic rings. The Hall–Kier alpha value is -1.31. The summed E-state index contributed by atoms with van der Waals surface area (Å²) >= 11 is 0. The van der Waals surface area contributed by atoms with E-state index in [1.54, 1.807) is 0 Å². The Morgan fingerprint density at radius 2 is 2.06 bits per heavy atom. The molecule has 0 atom stereocenters. The minimum atomic E-state index is -0.0900. The maximum absolute atomic E-state index is 11.2. The molecule has 2 heteroatoms. The highest BCUT2D eigenvalue weighted by Crippen LogP contribution is 2.13. The van der Waals surface area contributed by atoms with Crippen LogP contribution in [0.1, 0.15) is 36.5 Å². The lowest BCUT2D eigenvalue weighted by Gasteiger charge is -2.08. The second-order valence-electron chi connectivity index (χ2n) is 4.08. The Kier molecular flexibility index (Phi) is 5.03. The Balaban J connectivity index is 2.43. The molecule has 16 heavy (non-hydrogen) atoms. The van der Waals surface area contributed by atoms with Gasteiger partial charge in [0.25, 0.3) is 0 Å². The maximum Gasteiger partial charge on any atom is 0.305 e. The van der Waals surface area contributed by atoms with Crippen molar-refractivity contribution >= 4 is 5.97 Å². The summed E-state index contributed by atoms with van der Waals surface area (Å²) in [5.74, 6) is -0.0900. The molecule has 1 rings (SSSR count). The van der Waals surface area contributed by atoms with Crippen LogP contribution in [0.25, 0.3) is 0 Å². The van der Waals surface area contributed by atoms with Gasteiger partial charge in [0.05, 0.1) is 6.61 Å². The number of rotatable bonds is 5. The van der Waals surface area contributed by atoms with Crippen molar-refractivity contribution in [1.82, 2.24) is 0 Å². The fourth-order valence-electron chi connectivity index (χ4n) is 1.63. The minimum Gasteiger partial charge on any atom is -0.465 e. The lowest BCUT2D eigenvalue weighted by Crippen LogP contribution is -2.07. The van der Waals surface area contributed by atoms with Gasteiger partial charge < -0.3 is 4.74 Å². The van der Waals surface area contributed by atoms with E-state index in [1.165, 1.54) is 16.7 Å². The molecule has 0 unspecified atom stereocenters. The van der Waals surface area contributed by atoms with Crippen LogP contribution in [0, 0.1) is 13.8 Å². The highest BCUT2D eigenvalue weighted by molar-refractivity contribution is 5.69. The van der Waals surface area contributed by atoms with E-state index in [4.69, 9.17) is 4.74 Å². The average molecular weight is 220 g/mol. The molecule has 0 aromatic heterocycles. The molecule has 0 bridgehead atoms. The predicted molar refractivity (Wildman–Crippen MR) is 65.5 cm³/mol. The molecule has 0 saturated heterocycles. The molecule has 0 aliphatic heterocycles. The van der Waals surface area contributed by atoms with Crippen LogP contribution in [-0.4, -0.2) is 12.6 Å². The Bertz CT molecular complexity index is 356. The third-order valence-corrected chi connectivity index (χ3v) is 2.81. The van der Waals surface area contributed by atoms with Gasteiger partial charge in [0.15, 0.2) is 0 Å². The SMILES string of the molecule is CCCC(=O)OCCc1cccc(C)c1C. The van der Waals surface area contributed by atoms with E-state index < -0.39 is 0 Å². The number of carbonyl (C=O) groups is 1. The van der Waals surface area contributed by atoms with Gasteiger partial charge in [-0.25, -0.2) is 0 Å². The quantitative estimate of drug-likeness (QED) is 0.712. The topological polar surface area (TPSA) is 26.3 Å². The number of benzene rings is 1. The maximum atomic E-state index is 11.2. The fourth-order valence-corrected chi connectivity index (χ4v) is 1.63. The summed E-state index contributed by atoms with van der Waals surface area (Å²) in [4.78, 5) is 11.2. The molecule has 0 aliphatic carbocycles. The van der Waals surface area contributed by atoms with Gasteiger partial charge in [0.1, 0.15) is 0 Å². The normalized spacial score (nSPS) is 10.2. The highest BCUT2D eigenvalue weighted by atomic mass is 16.5. The summed E-state index contributed by atoms with van der Waals surface area (Å²) in [6, 6.07) is 6.24. The number of esters is 1. The van der Waals surface area contributed by atoms with Gasteiger partial charge in [-0.1, -0.05) is 25.1 Å². The molecular weight excluding hydrogens is 200 g/mol. The summed E-state index contributed by atoms with van der Waals surface area (Å²) in [7, 11) is 0. The first-order valence-electron chi connectivity index (χ1n) is 5.86. The van der Waals surface area contributed by atoms with E-state index in [0.29, 0.717) is 13.0 Å². The molecule has 1 aromatic rings. The van der Waals surface area contributed by atoms with Crippen LogP contribution < -0.4 is 0 Å². The fraction of sp³-hybridized carbons (Fsp3) is 0.500. The van der Waals surface area contributed by atoms with Crippen molar-refractivity contribution in [3.63, 3.8) is 0 Å². The molecule has 0 radical (unpaired) electrons. The largest absolute Gasteiger partial charge is 0.465 e. The van der Waals surface area contributed by atoms with Gasteiger partial charge in [-0.2, -0.15) is 0 Å². The molecule has 0 heterocycles. The van der Waals surface area contributed by atoms with E-state index in [2.05, 4.69) is 26.0 Å². The summed E-state index contributed by atoms with van der Waals surface area (Å²) in [6.07, 6.45) is 2.18. The number of hydrogen-bond acceptors (Lipinski definition) is 2. The average Bonchev–Trinajstić information content (AvgIpc) is 2.25. The van der Waals surface area contributed by atoms with Crippen molar-refractivity contribution in [2.75, 3.05) is 6.61 Å². The van der Waals surface area contributed by atoms with Crippen molar-refractivity contribution in [2.24, 2.45) is 0 Å². The second kappa shape index (κ2) is 6.31. The zero-order chi connectivity index (χ0) is 12.0. The van der Waals surface area contributed by atoms with Gasteiger partial charge in [-0.15, -0.1) is 0 Å². The first-order valence-corrected chi connectivity index (χ1v) is 5.86. The zero-order valence-corrected chi connectivity index (χ0v) is 10.4.